The Hall–Kier alpha value is -4.34. The summed E-state index contributed by atoms with van der Waals surface area (Å²) in [6, 6.07) is 11.4. The van der Waals surface area contributed by atoms with Crippen molar-refractivity contribution >= 4 is 22.3 Å². The van der Waals surface area contributed by atoms with Crippen LogP contribution in [0.1, 0.15) is 83.6 Å². The second-order valence-corrected chi connectivity index (χ2v) is 11.9. The molecule has 0 N–H and O–H groups in total. The second-order valence-electron chi connectivity index (χ2n) is 11.9. The van der Waals surface area contributed by atoms with Gasteiger partial charge in [-0.15, -0.1) is 0 Å². The summed E-state index contributed by atoms with van der Waals surface area (Å²) in [6.07, 6.45) is 4.39. The number of ether oxygens (including phenoxy) is 1. The summed E-state index contributed by atoms with van der Waals surface area (Å²) in [4.78, 5) is 22.0. The molecular weight excluding hydrogens is 601 g/mol. The number of imidazole rings is 1. The van der Waals surface area contributed by atoms with E-state index in [0.29, 0.717) is 35.3 Å². The van der Waals surface area contributed by atoms with Crippen molar-refractivity contribution in [2.45, 2.75) is 86.9 Å². The van der Waals surface area contributed by atoms with Gasteiger partial charge >= 0.3 is 6.18 Å². The van der Waals surface area contributed by atoms with Gasteiger partial charge in [-0.05, 0) is 56.7 Å². The average molecular weight is 649 g/mol. The third-order valence-corrected chi connectivity index (χ3v) is 7.24. The van der Waals surface area contributed by atoms with Crippen LogP contribution in [-0.4, -0.2) is 37.3 Å². The number of fused-ring (bicyclic) bond motifs is 1. The smallest absolute Gasteiger partial charge is 0.434 e. The van der Waals surface area contributed by atoms with Crippen LogP contribution in [0.5, 0.6) is 0 Å². The van der Waals surface area contributed by atoms with E-state index in [9.17, 15) is 13.2 Å². The average Bonchev–Trinajstić information content (AvgIpc) is 3.80. The lowest BCUT2D eigenvalue weighted by atomic mass is 10.0. The molecule has 5 rings (SSSR count). The van der Waals surface area contributed by atoms with Crippen molar-refractivity contribution in [2.75, 3.05) is 7.11 Å². The summed E-state index contributed by atoms with van der Waals surface area (Å²) in [5.74, 6) is 2.41. The van der Waals surface area contributed by atoms with Crippen LogP contribution >= 0.6 is 0 Å². The van der Waals surface area contributed by atoms with Gasteiger partial charge in [-0.25, -0.2) is 19.9 Å². The Morgan fingerprint density at radius 1 is 1.09 bits per heavy atom. The first-order valence-corrected chi connectivity index (χ1v) is 16.1. The molecule has 1 saturated carbocycles. The maximum atomic E-state index is 12.9. The van der Waals surface area contributed by atoms with E-state index in [-0.39, 0.29) is 5.92 Å². The third-order valence-electron chi connectivity index (χ3n) is 7.24. The molecule has 1 aliphatic rings. The number of nitrogens with zero attached hydrogens (tertiary/aromatic N) is 6. The van der Waals surface area contributed by atoms with Gasteiger partial charge < -0.3 is 9.30 Å². The van der Waals surface area contributed by atoms with Crippen molar-refractivity contribution in [1.29, 1.82) is 0 Å². The Morgan fingerprint density at radius 2 is 1.74 bits per heavy atom. The Kier molecular flexibility index (Phi) is 13.4. The molecule has 0 amide bonds. The van der Waals surface area contributed by atoms with Crippen LogP contribution in [0.2, 0.25) is 0 Å². The Morgan fingerprint density at radius 3 is 2.28 bits per heavy atom. The first-order valence-electron chi connectivity index (χ1n) is 16.1. The number of aliphatic imine (C=N–C) groups is 1. The van der Waals surface area contributed by atoms with Gasteiger partial charge in [-0.2, -0.15) is 13.2 Å². The highest BCUT2D eigenvalue weighted by Gasteiger charge is 2.35. The highest BCUT2D eigenvalue weighted by atomic mass is 19.4. The van der Waals surface area contributed by atoms with E-state index in [2.05, 4.69) is 45.4 Å². The van der Waals surface area contributed by atoms with Gasteiger partial charge in [0.05, 0.1) is 24.1 Å². The predicted molar refractivity (Wildman–Crippen MR) is 185 cm³/mol. The van der Waals surface area contributed by atoms with Gasteiger partial charge in [0.25, 0.3) is 0 Å². The van der Waals surface area contributed by atoms with Gasteiger partial charge in [0.2, 0.25) is 0 Å². The quantitative estimate of drug-likeness (QED) is 0.133. The van der Waals surface area contributed by atoms with E-state index in [1.807, 2.05) is 71.0 Å². The number of benzene rings is 1. The molecular formula is C37H47F3N6O. The number of pyridine rings is 1. The Bertz CT molecular complexity index is 1680. The summed E-state index contributed by atoms with van der Waals surface area (Å²) in [5.41, 5.74) is 4.41. The fraction of sp³-hybridized carbons (Fsp3) is 0.432. The van der Waals surface area contributed by atoms with E-state index in [0.717, 1.165) is 59.1 Å². The lowest BCUT2D eigenvalue weighted by Gasteiger charge is -2.13. The number of hydrogen-bond donors (Lipinski definition) is 0. The molecule has 0 aliphatic heterocycles. The zero-order valence-electron chi connectivity index (χ0n) is 28.8. The number of aromatic nitrogens is 5. The molecule has 0 bridgehead atoms. The van der Waals surface area contributed by atoms with Gasteiger partial charge in [0.15, 0.2) is 17.2 Å². The van der Waals surface area contributed by atoms with Gasteiger partial charge in [-0.1, -0.05) is 71.9 Å². The lowest BCUT2D eigenvalue weighted by Crippen LogP contribution is -2.12. The maximum Gasteiger partial charge on any atom is 0.434 e. The number of alkyl halides is 3. The summed E-state index contributed by atoms with van der Waals surface area (Å²) >= 11 is 0. The standard InChI is InChI=1S/C18H20N4O.C16H19F3N2.C3H8/c1-5-19-16(13-8-9-13)15(12(3)23-4)18-21-11(2)14-7-6-10-20-17(14)22-18;1-4-12-5-7-13(8-6-12)15-20-14(16(17,18)19)10-21(15)9-11(2)3;1-3-2/h5-7,10,13H,1,8-9H2,2-4H3;5-8,10-11H,4,9H2,1-3H3;3H2,1-2H3/b15-12-,19-16?;;. The summed E-state index contributed by atoms with van der Waals surface area (Å²) in [5, 5.41) is 0.958. The van der Waals surface area contributed by atoms with Gasteiger partial charge in [0, 0.05) is 42.0 Å². The fourth-order valence-corrected chi connectivity index (χ4v) is 4.81. The topological polar surface area (TPSA) is 78.1 Å². The highest BCUT2D eigenvalue weighted by Crippen LogP contribution is 2.37. The van der Waals surface area contributed by atoms with Crippen molar-refractivity contribution in [1.82, 2.24) is 24.5 Å². The van der Waals surface area contributed by atoms with Crippen molar-refractivity contribution in [3.8, 4) is 11.4 Å². The third kappa shape index (κ3) is 10.1. The molecule has 0 unspecified atom stereocenters. The van der Waals surface area contributed by atoms with Crippen LogP contribution in [0.25, 0.3) is 28.0 Å². The van der Waals surface area contributed by atoms with E-state index < -0.39 is 11.9 Å². The van der Waals surface area contributed by atoms with Crippen LogP contribution in [0.3, 0.4) is 0 Å². The molecule has 252 valence electrons. The molecule has 47 heavy (non-hydrogen) atoms. The van der Waals surface area contributed by atoms with Crippen LogP contribution in [0, 0.1) is 18.8 Å². The number of rotatable bonds is 9. The monoisotopic (exact) mass is 648 g/mol. The summed E-state index contributed by atoms with van der Waals surface area (Å²) in [6.45, 7) is 18.4. The van der Waals surface area contributed by atoms with Crippen LogP contribution in [0.4, 0.5) is 13.2 Å². The van der Waals surface area contributed by atoms with E-state index >= 15 is 0 Å². The van der Waals surface area contributed by atoms with E-state index in [1.54, 1.807) is 24.1 Å². The molecule has 7 nitrogen and oxygen atoms in total. The Balaban J connectivity index is 0.000000237. The van der Waals surface area contributed by atoms with Crippen LogP contribution in [0.15, 0.2) is 72.3 Å². The molecule has 4 aromatic rings. The normalized spacial score (nSPS) is 13.7. The van der Waals surface area contributed by atoms with Crippen molar-refractivity contribution in [3.05, 3.63) is 90.1 Å². The SMILES string of the molecule is C=CN=C(/C(=C(\C)OC)c1nc(C)c2cccnc2n1)C1CC1.CCC.CCc1ccc(-c2nc(C(F)(F)F)cn2CC(C)C)cc1. The maximum absolute atomic E-state index is 12.9. The summed E-state index contributed by atoms with van der Waals surface area (Å²) < 4.78 is 45.7. The molecule has 0 atom stereocenters. The number of hydrogen-bond acceptors (Lipinski definition) is 6. The predicted octanol–water partition coefficient (Wildman–Crippen LogP) is 9.91. The van der Waals surface area contributed by atoms with Gasteiger partial charge in [-0.3, -0.25) is 4.99 Å². The van der Waals surface area contributed by atoms with Crippen molar-refractivity contribution < 1.29 is 17.9 Å². The highest BCUT2D eigenvalue weighted by molar-refractivity contribution is 6.25. The first-order chi connectivity index (χ1) is 22.4. The molecule has 3 aromatic heterocycles. The zero-order valence-corrected chi connectivity index (χ0v) is 28.8. The Labute approximate surface area is 276 Å². The van der Waals surface area contributed by atoms with Crippen molar-refractivity contribution in [2.24, 2.45) is 16.8 Å². The molecule has 0 saturated heterocycles. The minimum Gasteiger partial charge on any atom is -0.501 e. The minimum absolute atomic E-state index is 0.244. The minimum atomic E-state index is -4.42. The number of aryl methyl sites for hydroxylation is 2. The number of halogens is 3. The van der Waals surface area contributed by atoms with Crippen LogP contribution < -0.4 is 0 Å². The zero-order chi connectivity index (χ0) is 34.7. The second kappa shape index (κ2) is 17.0. The molecule has 0 radical (unpaired) electrons. The van der Waals surface area contributed by atoms with E-state index in [4.69, 9.17) is 4.74 Å². The summed E-state index contributed by atoms with van der Waals surface area (Å²) in [7, 11) is 1.65. The number of allylic oxidation sites excluding steroid dienone is 2. The fourth-order valence-electron chi connectivity index (χ4n) is 4.81. The molecule has 3 heterocycles. The molecule has 0 spiro atoms. The van der Waals surface area contributed by atoms with E-state index in [1.165, 1.54) is 6.42 Å². The molecule has 1 fully saturated rings. The van der Waals surface area contributed by atoms with Gasteiger partial charge in [0.1, 0.15) is 11.6 Å². The lowest BCUT2D eigenvalue weighted by molar-refractivity contribution is -0.140. The molecule has 10 heteroatoms. The van der Waals surface area contributed by atoms with Crippen molar-refractivity contribution in [3.63, 3.8) is 0 Å². The molecule has 1 aliphatic carbocycles. The number of methoxy groups -OCH3 is 1. The van der Waals surface area contributed by atoms with Crippen LogP contribution in [-0.2, 0) is 23.9 Å². The first kappa shape index (κ1) is 37.1. The molecule has 1 aromatic carbocycles. The largest absolute Gasteiger partial charge is 0.501 e.